The Hall–Kier alpha value is -1.06. The maximum atomic E-state index is 5.35. The smallest absolute Gasteiger partial charge is 0.121 e. The molecule has 2 atom stereocenters. The first-order chi connectivity index (χ1) is 9.52. The van der Waals surface area contributed by atoms with Gasteiger partial charge < -0.3 is 10.1 Å². The van der Waals surface area contributed by atoms with Crippen LogP contribution in [0.15, 0.2) is 18.2 Å². The number of aryl methyl sites for hydroxylation is 1. The number of methoxy groups -OCH3 is 1. The average Bonchev–Trinajstić information content (AvgIpc) is 2.94. The summed E-state index contributed by atoms with van der Waals surface area (Å²) in [6, 6.07) is 6.56. The lowest BCUT2D eigenvalue weighted by Crippen LogP contribution is -2.43. The number of fused-ring (bicyclic) bond motifs is 1. The molecule has 3 rings (SSSR count). The molecule has 3 heteroatoms. The molecule has 2 aliphatic heterocycles. The minimum absolute atomic E-state index is 0.294. The zero-order valence-corrected chi connectivity index (χ0v) is 13.1. The van der Waals surface area contributed by atoms with Gasteiger partial charge in [-0.1, -0.05) is 12.1 Å². The van der Waals surface area contributed by atoms with Gasteiger partial charge in [-0.25, -0.2) is 0 Å². The molecule has 0 spiro atoms. The van der Waals surface area contributed by atoms with Crippen LogP contribution in [-0.2, 0) is 6.54 Å². The monoisotopic (exact) mass is 274 g/mol. The number of rotatable bonds is 3. The molecule has 2 unspecified atom stereocenters. The summed E-state index contributed by atoms with van der Waals surface area (Å²) < 4.78 is 5.35. The molecule has 2 saturated heterocycles. The molecule has 1 aromatic carbocycles. The lowest BCUT2D eigenvalue weighted by Gasteiger charge is -2.35. The highest BCUT2D eigenvalue weighted by molar-refractivity contribution is 5.36. The quantitative estimate of drug-likeness (QED) is 0.916. The van der Waals surface area contributed by atoms with Crippen molar-refractivity contribution in [3.63, 3.8) is 0 Å². The molecule has 2 heterocycles. The Bertz CT molecular complexity index is 498. The minimum Gasteiger partial charge on any atom is -0.496 e. The van der Waals surface area contributed by atoms with Crippen molar-refractivity contribution in [2.24, 2.45) is 11.8 Å². The van der Waals surface area contributed by atoms with Crippen LogP contribution in [0.4, 0.5) is 0 Å². The Labute approximate surface area is 122 Å². The number of nitrogens with zero attached hydrogens (tertiary/aromatic N) is 1. The van der Waals surface area contributed by atoms with E-state index in [0.29, 0.717) is 5.54 Å². The fourth-order valence-electron chi connectivity index (χ4n) is 4.03. The van der Waals surface area contributed by atoms with E-state index < -0.39 is 0 Å². The van der Waals surface area contributed by atoms with Crippen molar-refractivity contribution < 1.29 is 4.74 Å². The van der Waals surface area contributed by atoms with Gasteiger partial charge in [0.15, 0.2) is 0 Å². The highest BCUT2D eigenvalue weighted by atomic mass is 16.5. The molecule has 0 bridgehead atoms. The first-order valence-electron chi connectivity index (χ1n) is 7.61. The van der Waals surface area contributed by atoms with Crippen molar-refractivity contribution in [1.82, 2.24) is 10.2 Å². The maximum absolute atomic E-state index is 5.35. The summed E-state index contributed by atoms with van der Waals surface area (Å²) in [7, 11) is 1.74. The number of hydrogen-bond acceptors (Lipinski definition) is 3. The highest BCUT2D eigenvalue weighted by Crippen LogP contribution is 2.41. The molecule has 3 nitrogen and oxygen atoms in total. The molecule has 1 N–H and O–H groups in total. The van der Waals surface area contributed by atoms with Gasteiger partial charge in [0.2, 0.25) is 0 Å². The Morgan fingerprint density at radius 2 is 2.15 bits per heavy atom. The Balaban J connectivity index is 1.76. The Kier molecular flexibility index (Phi) is 3.51. The molecular formula is C17H26N2O. The van der Waals surface area contributed by atoms with Gasteiger partial charge in [0.25, 0.3) is 0 Å². The molecule has 0 amide bonds. The van der Waals surface area contributed by atoms with Crippen LogP contribution in [0.1, 0.15) is 25.0 Å². The molecule has 20 heavy (non-hydrogen) atoms. The van der Waals surface area contributed by atoms with E-state index in [1.807, 2.05) is 0 Å². The number of hydrogen-bond donors (Lipinski definition) is 1. The van der Waals surface area contributed by atoms with Crippen LogP contribution in [0.2, 0.25) is 0 Å². The van der Waals surface area contributed by atoms with Crippen molar-refractivity contribution in [1.29, 1.82) is 0 Å². The van der Waals surface area contributed by atoms with Gasteiger partial charge in [0.1, 0.15) is 5.75 Å². The van der Waals surface area contributed by atoms with Crippen LogP contribution in [-0.4, -0.2) is 37.2 Å². The SMILES string of the molecule is COc1ccc(CN2CC3CNCC3C2(C)C)cc1C. The molecule has 1 aromatic rings. The zero-order chi connectivity index (χ0) is 14.3. The van der Waals surface area contributed by atoms with E-state index in [-0.39, 0.29) is 0 Å². The number of benzene rings is 1. The van der Waals surface area contributed by atoms with Crippen molar-refractivity contribution in [3.8, 4) is 5.75 Å². The van der Waals surface area contributed by atoms with E-state index in [0.717, 1.165) is 24.1 Å². The summed E-state index contributed by atoms with van der Waals surface area (Å²) >= 11 is 0. The number of likely N-dealkylation sites (tertiary alicyclic amines) is 1. The summed E-state index contributed by atoms with van der Waals surface area (Å²) in [6.07, 6.45) is 0. The molecule has 110 valence electrons. The van der Waals surface area contributed by atoms with Gasteiger partial charge in [-0.2, -0.15) is 0 Å². The topological polar surface area (TPSA) is 24.5 Å². The lowest BCUT2D eigenvalue weighted by molar-refractivity contribution is 0.132. The second-order valence-electron chi connectivity index (χ2n) is 6.86. The fourth-order valence-corrected chi connectivity index (χ4v) is 4.03. The van der Waals surface area contributed by atoms with E-state index in [2.05, 4.69) is 49.2 Å². The number of ether oxygens (including phenoxy) is 1. The van der Waals surface area contributed by atoms with Gasteiger partial charge in [-0.15, -0.1) is 0 Å². The van der Waals surface area contributed by atoms with Crippen molar-refractivity contribution in [2.45, 2.75) is 32.9 Å². The van der Waals surface area contributed by atoms with Gasteiger partial charge in [-0.3, -0.25) is 4.90 Å². The first kappa shape index (κ1) is 13.9. The third kappa shape index (κ3) is 2.23. The number of nitrogens with one attached hydrogen (secondary N) is 1. The van der Waals surface area contributed by atoms with Crippen molar-refractivity contribution >= 4 is 0 Å². The van der Waals surface area contributed by atoms with Crippen LogP contribution >= 0.6 is 0 Å². The van der Waals surface area contributed by atoms with E-state index in [1.54, 1.807) is 7.11 Å². The normalized spacial score (nSPS) is 28.6. The van der Waals surface area contributed by atoms with Gasteiger partial charge in [0.05, 0.1) is 7.11 Å². The van der Waals surface area contributed by atoms with Crippen LogP contribution in [0.5, 0.6) is 5.75 Å². The van der Waals surface area contributed by atoms with Crippen LogP contribution in [0.3, 0.4) is 0 Å². The predicted octanol–water partition coefficient (Wildman–Crippen LogP) is 2.43. The minimum atomic E-state index is 0.294. The van der Waals surface area contributed by atoms with E-state index in [4.69, 9.17) is 4.74 Å². The van der Waals surface area contributed by atoms with E-state index in [1.165, 1.54) is 30.8 Å². The Morgan fingerprint density at radius 3 is 2.80 bits per heavy atom. The first-order valence-corrected chi connectivity index (χ1v) is 7.61. The molecule has 2 fully saturated rings. The van der Waals surface area contributed by atoms with E-state index in [9.17, 15) is 0 Å². The van der Waals surface area contributed by atoms with Crippen molar-refractivity contribution in [2.75, 3.05) is 26.7 Å². The molecule has 0 radical (unpaired) electrons. The summed E-state index contributed by atoms with van der Waals surface area (Å²) in [5.41, 5.74) is 2.91. The zero-order valence-electron chi connectivity index (χ0n) is 13.1. The van der Waals surface area contributed by atoms with Crippen LogP contribution in [0, 0.1) is 18.8 Å². The van der Waals surface area contributed by atoms with Gasteiger partial charge in [-0.05, 0) is 56.3 Å². The van der Waals surface area contributed by atoms with Crippen LogP contribution < -0.4 is 10.1 Å². The average molecular weight is 274 g/mol. The van der Waals surface area contributed by atoms with Crippen LogP contribution in [0.25, 0.3) is 0 Å². The molecule has 0 aromatic heterocycles. The van der Waals surface area contributed by atoms with E-state index >= 15 is 0 Å². The second kappa shape index (κ2) is 5.05. The summed E-state index contributed by atoms with van der Waals surface area (Å²) in [4.78, 5) is 2.66. The highest BCUT2D eigenvalue weighted by Gasteiger charge is 2.49. The van der Waals surface area contributed by atoms with Gasteiger partial charge >= 0.3 is 0 Å². The summed E-state index contributed by atoms with van der Waals surface area (Å²) in [5.74, 6) is 2.60. The largest absolute Gasteiger partial charge is 0.496 e. The fraction of sp³-hybridized carbons (Fsp3) is 0.647. The van der Waals surface area contributed by atoms with Crippen molar-refractivity contribution in [3.05, 3.63) is 29.3 Å². The lowest BCUT2D eigenvalue weighted by atomic mass is 9.85. The predicted molar refractivity (Wildman–Crippen MR) is 82.1 cm³/mol. The molecular weight excluding hydrogens is 248 g/mol. The Morgan fingerprint density at radius 1 is 1.35 bits per heavy atom. The third-order valence-electron chi connectivity index (χ3n) is 5.35. The maximum Gasteiger partial charge on any atom is 0.121 e. The summed E-state index contributed by atoms with van der Waals surface area (Å²) in [5, 5.41) is 3.55. The van der Waals surface area contributed by atoms with Gasteiger partial charge in [0, 0.05) is 25.2 Å². The molecule has 2 aliphatic rings. The second-order valence-corrected chi connectivity index (χ2v) is 6.86. The standard InChI is InChI=1S/C17H26N2O/c1-12-7-13(5-6-16(12)20-4)10-19-11-14-8-18-9-15(14)17(19,2)3/h5-7,14-15,18H,8-11H2,1-4H3. The third-order valence-corrected chi connectivity index (χ3v) is 5.35. The molecule has 0 aliphatic carbocycles. The summed E-state index contributed by atoms with van der Waals surface area (Å²) in [6.45, 7) is 11.6. The molecule has 0 saturated carbocycles.